The Hall–Kier alpha value is -3.10. The zero-order chi connectivity index (χ0) is 22.3. The van der Waals surface area contributed by atoms with E-state index in [1.54, 1.807) is 12.4 Å². The first-order valence-electron chi connectivity index (χ1n) is 10.7. The second-order valence-corrected chi connectivity index (χ2v) is 8.84. The molecule has 0 unspecified atom stereocenters. The third-order valence-corrected chi connectivity index (χ3v) is 6.11. The molecule has 0 aliphatic heterocycles. The number of aromatic nitrogens is 3. The summed E-state index contributed by atoms with van der Waals surface area (Å²) in [7, 11) is 0. The molecule has 1 aliphatic rings. The molecule has 1 aliphatic carbocycles. The Kier molecular flexibility index (Phi) is 7.24. The Bertz CT molecular complexity index is 1160. The zero-order valence-electron chi connectivity index (χ0n) is 17.7. The normalized spacial score (nSPS) is 14.1. The summed E-state index contributed by atoms with van der Waals surface area (Å²) in [5.74, 6) is 0.261. The van der Waals surface area contributed by atoms with Gasteiger partial charge in [0.1, 0.15) is 11.3 Å². The number of hydrogen-bond donors (Lipinski definition) is 3. The summed E-state index contributed by atoms with van der Waals surface area (Å²) in [4.78, 5) is 12.8. The number of benzene rings is 2. The predicted octanol–water partition coefficient (Wildman–Crippen LogP) is 5.40. The number of rotatable bonds is 4. The van der Waals surface area contributed by atoms with Crippen LogP contribution in [0.1, 0.15) is 37.7 Å². The van der Waals surface area contributed by atoms with E-state index in [4.69, 9.17) is 10.8 Å². The van der Waals surface area contributed by atoms with Crippen LogP contribution in [0.3, 0.4) is 0 Å². The zero-order valence-corrected chi connectivity index (χ0v) is 18.5. The molecular weight excluding hydrogens is 425 g/mol. The molecule has 0 amide bonds. The second kappa shape index (κ2) is 10.5. The van der Waals surface area contributed by atoms with Crippen LogP contribution >= 0.6 is 11.3 Å². The summed E-state index contributed by atoms with van der Waals surface area (Å²) in [6, 6.07) is 13.2. The van der Waals surface area contributed by atoms with Crippen molar-refractivity contribution in [3.63, 3.8) is 0 Å². The lowest BCUT2D eigenvalue weighted by molar-refractivity contribution is 0.130. The van der Waals surface area contributed by atoms with Crippen molar-refractivity contribution < 1.29 is 9.50 Å². The molecule has 4 N–H and O–H groups in total. The van der Waals surface area contributed by atoms with Gasteiger partial charge < -0.3 is 16.2 Å². The van der Waals surface area contributed by atoms with Crippen molar-refractivity contribution in [3.8, 4) is 11.3 Å². The first-order chi connectivity index (χ1) is 15.6. The van der Waals surface area contributed by atoms with Crippen LogP contribution in [0.25, 0.3) is 21.5 Å². The lowest BCUT2D eigenvalue weighted by atomic mass is 9.98. The van der Waals surface area contributed by atoms with Crippen molar-refractivity contribution in [1.82, 2.24) is 15.0 Å². The van der Waals surface area contributed by atoms with Crippen LogP contribution in [0.4, 0.5) is 15.3 Å². The molecule has 0 atom stereocenters. The monoisotopic (exact) mass is 451 g/mol. The molecule has 2 aromatic carbocycles. The topological polar surface area (TPSA) is 97.0 Å². The van der Waals surface area contributed by atoms with E-state index >= 15 is 0 Å². The van der Waals surface area contributed by atoms with Crippen molar-refractivity contribution in [2.24, 2.45) is 0 Å². The number of thiazole rings is 1. The Morgan fingerprint density at radius 1 is 1.06 bits per heavy atom. The highest BCUT2D eigenvalue weighted by atomic mass is 32.1. The first-order valence-corrected chi connectivity index (χ1v) is 11.5. The summed E-state index contributed by atoms with van der Waals surface area (Å²) in [6.07, 6.45) is 9.28. The minimum atomic E-state index is -0.369. The average Bonchev–Trinajstić information content (AvgIpc) is 3.20. The lowest BCUT2D eigenvalue weighted by Gasteiger charge is -2.14. The standard InChI is InChI=1S/C18H14FN5S.C6H12O/c19-13-6-11(7-15-17(13)24-18(20)25-15)8-22-16-10-21-9-14(23-16)12-4-2-1-3-5-12;7-6-4-2-1-3-5-6/h1-7,9-10H,8H2,(H2,20,24)(H,22,23);6-7H,1-5H2. The molecule has 6 nitrogen and oxygen atoms in total. The number of aliphatic hydroxyl groups is 1. The van der Waals surface area contributed by atoms with Gasteiger partial charge in [-0.3, -0.25) is 4.98 Å². The Labute approximate surface area is 190 Å². The number of aliphatic hydroxyl groups excluding tert-OH is 1. The number of anilines is 2. The van der Waals surface area contributed by atoms with Gasteiger partial charge in [-0.15, -0.1) is 0 Å². The molecule has 32 heavy (non-hydrogen) atoms. The van der Waals surface area contributed by atoms with Crippen LogP contribution < -0.4 is 11.1 Å². The molecule has 0 bridgehead atoms. The molecule has 0 saturated heterocycles. The minimum absolute atomic E-state index is 0.0359. The molecule has 166 valence electrons. The lowest BCUT2D eigenvalue weighted by Crippen LogP contribution is -2.09. The first kappa shape index (κ1) is 22.1. The number of nitrogens with one attached hydrogen (secondary N) is 1. The number of nitrogens with two attached hydrogens (primary N) is 1. The van der Waals surface area contributed by atoms with Gasteiger partial charge in [0.25, 0.3) is 0 Å². The van der Waals surface area contributed by atoms with Crippen molar-refractivity contribution in [2.45, 2.75) is 44.8 Å². The van der Waals surface area contributed by atoms with Crippen LogP contribution in [-0.2, 0) is 6.54 Å². The number of nitrogens with zero attached hydrogens (tertiary/aromatic N) is 3. The van der Waals surface area contributed by atoms with Crippen molar-refractivity contribution in [1.29, 1.82) is 0 Å². The summed E-state index contributed by atoms with van der Waals surface area (Å²) >= 11 is 1.27. The maximum absolute atomic E-state index is 14.1. The average molecular weight is 452 g/mol. The number of nitrogen functional groups attached to an aromatic ring is 1. The van der Waals surface area contributed by atoms with Gasteiger partial charge in [-0.05, 0) is 30.5 Å². The van der Waals surface area contributed by atoms with Crippen LogP contribution in [0.5, 0.6) is 0 Å². The smallest absolute Gasteiger partial charge is 0.181 e. The summed E-state index contributed by atoms with van der Waals surface area (Å²) in [6.45, 7) is 0.428. The molecule has 0 radical (unpaired) electrons. The van der Waals surface area contributed by atoms with Crippen LogP contribution in [0, 0.1) is 5.82 Å². The molecule has 1 fully saturated rings. The fourth-order valence-electron chi connectivity index (χ4n) is 3.63. The highest BCUT2D eigenvalue weighted by Crippen LogP contribution is 2.27. The third kappa shape index (κ3) is 5.77. The molecule has 2 heterocycles. The number of halogens is 1. The fourth-order valence-corrected chi connectivity index (χ4v) is 4.45. The largest absolute Gasteiger partial charge is 0.393 e. The highest BCUT2D eigenvalue weighted by Gasteiger charge is 2.10. The van der Waals surface area contributed by atoms with Crippen LogP contribution in [-0.4, -0.2) is 26.2 Å². The van der Waals surface area contributed by atoms with Crippen LogP contribution in [0.15, 0.2) is 54.9 Å². The Balaban J connectivity index is 0.000000300. The van der Waals surface area contributed by atoms with Gasteiger partial charge in [0.2, 0.25) is 0 Å². The van der Waals surface area contributed by atoms with Crippen LogP contribution in [0.2, 0.25) is 0 Å². The van der Waals surface area contributed by atoms with Gasteiger partial charge in [-0.1, -0.05) is 60.9 Å². The summed E-state index contributed by atoms with van der Waals surface area (Å²) < 4.78 is 14.8. The van der Waals surface area contributed by atoms with Crippen molar-refractivity contribution in [2.75, 3.05) is 11.1 Å². The molecule has 0 spiro atoms. The van der Waals surface area contributed by atoms with Gasteiger partial charge in [0.05, 0.1) is 28.9 Å². The van der Waals surface area contributed by atoms with Gasteiger partial charge in [0.15, 0.2) is 10.9 Å². The molecular formula is C24H26FN5OS. The predicted molar refractivity (Wildman–Crippen MR) is 128 cm³/mol. The minimum Gasteiger partial charge on any atom is -0.393 e. The van der Waals surface area contributed by atoms with Gasteiger partial charge in [0, 0.05) is 12.1 Å². The Morgan fingerprint density at radius 3 is 2.56 bits per heavy atom. The summed E-state index contributed by atoms with van der Waals surface area (Å²) in [5, 5.41) is 12.5. The Morgan fingerprint density at radius 2 is 1.84 bits per heavy atom. The second-order valence-electron chi connectivity index (χ2n) is 7.78. The number of hydrogen-bond acceptors (Lipinski definition) is 7. The summed E-state index contributed by atoms with van der Waals surface area (Å²) in [5.41, 5.74) is 8.53. The van der Waals surface area contributed by atoms with E-state index < -0.39 is 0 Å². The maximum Gasteiger partial charge on any atom is 0.181 e. The highest BCUT2D eigenvalue weighted by molar-refractivity contribution is 7.22. The van der Waals surface area contributed by atoms with Gasteiger partial charge in [-0.25, -0.2) is 14.4 Å². The van der Waals surface area contributed by atoms with E-state index in [0.29, 0.717) is 23.0 Å². The molecule has 4 aromatic rings. The fraction of sp³-hybridized carbons (Fsp3) is 0.292. The van der Waals surface area contributed by atoms with Gasteiger partial charge >= 0.3 is 0 Å². The third-order valence-electron chi connectivity index (χ3n) is 5.28. The van der Waals surface area contributed by atoms with E-state index in [2.05, 4.69) is 20.3 Å². The SMILES string of the molecule is Nc1nc2c(F)cc(CNc3cncc(-c4ccccc4)n3)cc2s1.OC1CCCCC1. The molecule has 2 aromatic heterocycles. The van der Waals surface area contributed by atoms with Crippen molar-refractivity contribution >= 4 is 32.5 Å². The molecule has 5 rings (SSSR count). The quantitative estimate of drug-likeness (QED) is 0.384. The van der Waals surface area contributed by atoms with E-state index in [1.807, 2.05) is 36.4 Å². The van der Waals surface area contributed by atoms with E-state index in [1.165, 1.54) is 36.7 Å². The molecule has 1 saturated carbocycles. The maximum atomic E-state index is 14.1. The van der Waals surface area contributed by atoms with Gasteiger partial charge in [-0.2, -0.15) is 0 Å². The number of fused-ring (bicyclic) bond motifs is 1. The van der Waals surface area contributed by atoms with E-state index in [-0.39, 0.29) is 11.9 Å². The van der Waals surface area contributed by atoms with E-state index in [9.17, 15) is 4.39 Å². The van der Waals surface area contributed by atoms with Crippen molar-refractivity contribution in [3.05, 3.63) is 66.2 Å². The molecule has 8 heteroatoms. The van der Waals surface area contributed by atoms with E-state index in [0.717, 1.165) is 34.4 Å².